The topological polar surface area (TPSA) is 102 Å². The summed E-state index contributed by atoms with van der Waals surface area (Å²) in [5.74, 6) is 0.608. The van der Waals surface area contributed by atoms with Gasteiger partial charge in [0, 0.05) is 30.9 Å². The average molecular weight is 421 g/mol. The van der Waals surface area contributed by atoms with Crippen LogP contribution in [0.3, 0.4) is 0 Å². The van der Waals surface area contributed by atoms with Crippen LogP contribution in [-0.4, -0.2) is 46.0 Å². The van der Waals surface area contributed by atoms with Gasteiger partial charge in [0.25, 0.3) is 5.89 Å². The van der Waals surface area contributed by atoms with Gasteiger partial charge in [0.2, 0.25) is 15.9 Å². The average Bonchev–Trinajstić information content (AvgIpc) is 3.30. The second kappa shape index (κ2) is 7.58. The molecule has 0 unspecified atom stereocenters. The maximum absolute atomic E-state index is 13.4. The quantitative estimate of drug-likeness (QED) is 0.498. The molecule has 152 valence electrons. The minimum Gasteiger partial charge on any atom is -0.419 e. The van der Waals surface area contributed by atoms with E-state index in [-0.39, 0.29) is 17.4 Å². The highest BCUT2D eigenvalue weighted by Crippen LogP contribution is 2.32. The zero-order valence-electron chi connectivity index (χ0n) is 16.0. The maximum Gasteiger partial charge on any atom is 0.266 e. The van der Waals surface area contributed by atoms with Gasteiger partial charge >= 0.3 is 0 Å². The first kappa shape index (κ1) is 18.8. The molecular weight excluding hydrogens is 402 g/mol. The highest BCUT2D eigenvalue weighted by molar-refractivity contribution is 7.89. The Morgan fingerprint density at radius 3 is 2.70 bits per heavy atom. The largest absolute Gasteiger partial charge is 0.419 e. The van der Waals surface area contributed by atoms with E-state index >= 15 is 0 Å². The van der Waals surface area contributed by atoms with E-state index in [2.05, 4.69) is 20.2 Å². The molecule has 1 aliphatic rings. The fraction of sp³-hybridized carbons (Fsp3) is 0.238. The number of rotatable bonds is 4. The molecule has 1 aliphatic heterocycles. The van der Waals surface area contributed by atoms with E-state index in [4.69, 9.17) is 4.42 Å². The van der Waals surface area contributed by atoms with Crippen LogP contribution in [0.4, 0.5) is 0 Å². The first-order valence-electron chi connectivity index (χ1n) is 9.71. The Morgan fingerprint density at radius 1 is 0.967 bits per heavy atom. The monoisotopic (exact) mass is 421 g/mol. The molecule has 0 radical (unpaired) electrons. The lowest BCUT2D eigenvalue weighted by atomic mass is 10.00. The minimum atomic E-state index is -3.71. The predicted molar refractivity (Wildman–Crippen MR) is 110 cm³/mol. The van der Waals surface area contributed by atoms with Crippen LogP contribution in [0.15, 0.2) is 70.2 Å². The van der Waals surface area contributed by atoms with Gasteiger partial charge in [-0.1, -0.05) is 24.3 Å². The lowest BCUT2D eigenvalue weighted by Gasteiger charge is -2.30. The molecule has 4 aromatic rings. The van der Waals surface area contributed by atoms with Crippen molar-refractivity contribution in [2.75, 3.05) is 13.1 Å². The maximum atomic E-state index is 13.4. The summed E-state index contributed by atoms with van der Waals surface area (Å²) in [5, 5.41) is 9.05. The summed E-state index contributed by atoms with van der Waals surface area (Å²) < 4.78 is 34.2. The number of para-hydroxylation sites is 1. The number of hydrogen-bond donors (Lipinski definition) is 0. The number of aromatic nitrogens is 4. The molecule has 3 aromatic heterocycles. The highest BCUT2D eigenvalue weighted by Gasteiger charge is 2.34. The van der Waals surface area contributed by atoms with Crippen LogP contribution < -0.4 is 0 Å². The molecule has 4 heterocycles. The molecule has 30 heavy (non-hydrogen) atoms. The summed E-state index contributed by atoms with van der Waals surface area (Å²) >= 11 is 0. The van der Waals surface area contributed by atoms with Gasteiger partial charge in [0.15, 0.2) is 0 Å². The molecular formula is C21H19N5O3S. The molecule has 9 heteroatoms. The fourth-order valence-electron chi connectivity index (χ4n) is 3.78. The Kier molecular flexibility index (Phi) is 4.76. The normalized spacial score (nSPS) is 17.9. The van der Waals surface area contributed by atoms with Crippen molar-refractivity contribution in [3.05, 3.63) is 66.8 Å². The number of pyridine rings is 2. The van der Waals surface area contributed by atoms with Crippen LogP contribution in [0, 0.1) is 0 Å². The van der Waals surface area contributed by atoms with Gasteiger partial charge < -0.3 is 4.42 Å². The van der Waals surface area contributed by atoms with Gasteiger partial charge in [-0.05, 0) is 37.1 Å². The lowest BCUT2D eigenvalue weighted by molar-refractivity contribution is 0.286. The molecule has 0 amide bonds. The first-order chi connectivity index (χ1) is 14.6. The summed E-state index contributed by atoms with van der Waals surface area (Å²) in [4.78, 5) is 8.75. The van der Waals surface area contributed by atoms with Gasteiger partial charge in [0.1, 0.15) is 10.6 Å². The molecule has 8 nitrogen and oxygen atoms in total. The van der Waals surface area contributed by atoms with Crippen LogP contribution in [0.2, 0.25) is 0 Å². The van der Waals surface area contributed by atoms with E-state index < -0.39 is 10.0 Å². The van der Waals surface area contributed by atoms with Gasteiger partial charge in [-0.3, -0.25) is 9.97 Å². The number of hydrogen-bond acceptors (Lipinski definition) is 7. The molecule has 1 aromatic carbocycles. The van der Waals surface area contributed by atoms with Gasteiger partial charge in [-0.2, -0.15) is 4.31 Å². The Bertz CT molecular complexity index is 1290. The number of nitrogens with zero attached hydrogens (tertiary/aromatic N) is 5. The lowest BCUT2D eigenvalue weighted by Crippen LogP contribution is -2.39. The summed E-state index contributed by atoms with van der Waals surface area (Å²) in [6.07, 6.45) is 4.76. The fourth-order valence-corrected chi connectivity index (χ4v) is 5.47. The van der Waals surface area contributed by atoms with E-state index in [1.807, 2.05) is 24.3 Å². The molecule has 0 aliphatic carbocycles. The summed E-state index contributed by atoms with van der Waals surface area (Å²) in [6, 6.07) is 14.3. The zero-order chi connectivity index (χ0) is 20.6. The third kappa shape index (κ3) is 3.35. The summed E-state index contributed by atoms with van der Waals surface area (Å²) in [5.41, 5.74) is 1.08. The molecule has 0 saturated carbocycles. The Hall–Kier alpha value is -3.17. The number of piperidine rings is 1. The van der Waals surface area contributed by atoms with Crippen LogP contribution in [0.25, 0.3) is 22.5 Å². The van der Waals surface area contributed by atoms with Crippen molar-refractivity contribution < 1.29 is 12.8 Å². The molecule has 1 atom stereocenters. The molecule has 5 rings (SSSR count). The predicted octanol–water partition coefficient (Wildman–Crippen LogP) is 3.25. The highest BCUT2D eigenvalue weighted by atomic mass is 32.2. The summed E-state index contributed by atoms with van der Waals surface area (Å²) in [7, 11) is -3.71. The molecule has 0 N–H and O–H groups in total. The number of benzene rings is 1. The van der Waals surface area contributed by atoms with Gasteiger partial charge in [-0.25, -0.2) is 8.42 Å². The first-order valence-corrected chi connectivity index (χ1v) is 11.2. The van der Waals surface area contributed by atoms with Gasteiger partial charge in [-0.15, -0.1) is 10.2 Å². The van der Waals surface area contributed by atoms with E-state index in [1.54, 1.807) is 36.7 Å². The van der Waals surface area contributed by atoms with Crippen molar-refractivity contribution in [1.82, 2.24) is 24.5 Å². The molecule has 1 saturated heterocycles. The van der Waals surface area contributed by atoms with E-state index in [0.29, 0.717) is 36.0 Å². The zero-order valence-corrected chi connectivity index (χ0v) is 16.9. The second-order valence-corrected chi connectivity index (χ2v) is 9.10. The van der Waals surface area contributed by atoms with E-state index in [0.717, 1.165) is 11.8 Å². The van der Waals surface area contributed by atoms with E-state index in [9.17, 15) is 8.42 Å². The number of sulfonamides is 1. The Morgan fingerprint density at radius 2 is 1.83 bits per heavy atom. The van der Waals surface area contributed by atoms with Gasteiger partial charge in [0.05, 0.1) is 11.4 Å². The summed E-state index contributed by atoms with van der Waals surface area (Å²) in [6.45, 7) is 0.735. The second-order valence-electron chi connectivity index (χ2n) is 7.19. The number of fused-ring (bicyclic) bond motifs is 1. The minimum absolute atomic E-state index is 0.165. The van der Waals surface area contributed by atoms with Crippen molar-refractivity contribution in [2.45, 2.75) is 23.7 Å². The SMILES string of the molecule is O=S(=O)(c1cccc2cccnc12)N1CCC[C@H](c2nnc(-c3ccccn3)o2)C1. The van der Waals surface area contributed by atoms with Crippen molar-refractivity contribution in [2.24, 2.45) is 0 Å². The standard InChI is InChI=1S/C21H19N5O3S/c27-30(28,18-10-3-6-15-7-4-12-23-19(15)18)26-13-5-8-16(14-26)20-24-25-21(29-20)17-9-1-2-11-22-17/h1-4,6-7,9-12,16H,5,8,13-14H2/t16-/m0/s1. The van der Waals surface area contributed by atoms with Crippen LogP contribution in [-0.2, 0) is 10.0 Å². The molecule has 1 fully saturated rings. The van der Waals surface area contributed by atoms with E-state index in [1.165, 1.54) is 4.31 Å². The smallest absolute Gasteiger partial charge is 0.266 e. The van der Waals surface area contributed by atoms with Crippen molar-refractivity contribution in [1.29, 1.82) is 0 Å². The third-order valence-electron chi connectivity index (χ3n) is 5.27. The van der Waals surface area contributed by atoms with Crippen LogP contribution >= 0.6 is 0 Å². The third-order valence-corrected chi connectivity index (χ3v) is 7.17. The Labute approximate surface area is 173 Å². The van der Waals surface area contributed by atoms with Crippen LogP contribution in [0.5, 0.6) is 0 Å². The van der Waals surface area contributed by atoms with Crippen molar-refractivity contribution in [3.8, 4) is 11.6 Å². The van der Waals surface area contributed by atoms with Crippen molar-refractivity contribution >= 4 is 20.9 Å². The van der Waals surface area contributed by atoms with Crippen molar-refractivity contribution in [3.63, 3.8) is 0 Å². The Balaban J connectivity index is 1.43. The molecule has 0 spiro atoms. The van der Waals surface area contributed by atoms with Crippen LogP contribution in [0.1, 0.15) is 24.7 Å². The molecule has 0 bridgehead atoms.